The Labute approximate surface area is 121 Å². The molecule has 0 aromatic heterocycles. The zero-order valence-corrected chi connectivity index (χ0v) is 13.7. The van der Waals surface area contributed by atoms with Gasteiger partial charge < -0.3 is 0 Å². The van der Waals surface area contributed by atoms with Gasteiger partial charge in [-0.05, 0) is 50.9 Å². The summed E-state index contributed by atoms with van der Waals surface area (Å²) in [6.45, 7) is 12.2. The molecule has 1 fully saturated rings. The Morgan fingerprint density at radius 3 is 2.37 bits per heavy atom. The summed E-state index contributed by atoms with van der Waals surface area (Å²) in [5.74, 6) is 0. The summed E-state index contributed by atoms with van der Waals surface area (Å²) in [5.41, 5.74) is 2.21. The average Bonchev–Trinajstić information content (AvgIpc) is 2.41. The van der Waals surface area contributed by atoms with Crippen molar-refractivity contribution in [2.24, 2.45) is 5.41 Å². The Morgan fingerprint density at radius 2 is 1.95 bits per heavy atom. The molecule has 0 bridgehead atoms. The van der Waals surface area contributed by atoms with Crippen LogP contribution in [0, 0.1) is 5.41 Å². The van der Waals surface area contributed by atoms with E-state index in [0.717, 1.165) is 11.8 Å². The zero-order valence-electron chi connectivity index (χ0n) is 13.7. The van der Waals surface area contributed by atoms with Gasteiger partial charge in [0.1, 0.15) is 0 Å². The van der Waals surface area contributed by atoms with Crippen LogP contribution in [0.5, 0.6) is 0 Å². The van der Waals surface area contributed by atoms with Crippen molar-refractivity contribution < 1.29 is 0 Å². The van der Waals surface area contributed by atoms with E-state index in [1.165, 1.54) is 50.5 Å². The Hall–Kier alpha value is -0.780. The van der Waals surface area contributed by atoms with E-state index in [1.54, 1.807) is 0 Å². The lowest BCUT2D eigenvalue weighted by atomic mass is 9.64. The van der Waals surface area contributed by atoms with Gasteiger partial charge in [0.15, 0.2) is 0 Å². The monoisotopic (exact) mass is 262 g/mol. The number of allylic oxidation sites excluding steroid dienone is 5. The van der Waals surface area contributed by atoms with E-state index in [1.807, 2.05) is 19.9 Å². The fourth-order valence-corrected chi connectivity index (χ4v) is 2.83. The SMILES string of the molecule is C=CC/C=C(\C=C/C)CCCC1(CC)CCC1.CC. The Morgan fingerprint density at radius 1 is 1.26 bits per heavy atom. The summed E-state index contributed by atoms with van der Waals surface area (Å²) < 4.78 is 0. The maximum absolute atomic E-state index is 3.78. The molecule has 0 aromatic rings. The summed E-state index contributed by atoms with van der Waals surface area (Å²) >= 11 is 0. The quantitative estimate of drug-likeness (QED) is 0.332. The lowest BCUT2D eigenvalue weighted by Crippen LogP contribution is -2.28. The number of hydrogen-bond donors (Lipinski definition) is 0. The van der Waals surface area contributed by atoms with Crippen molar-refractivity contribution in [3.8, 4) is 0 Å². The van der Waals surface area contributed by atoms with Crippen molar-refractivity contribution >= 4 is 0 Å². The molecule has 0 heterocycles. The molecule has 0 atom stereocenters. The Balaban J connectivity index is 0.00000154. The molecule has 0 spiro atoms. The average molecular weight is 262 g/mol. The molecule has 0 radical (unpaired) electrons. The van der Waals surface area contributed by atoms with Gasteiger partial charge in [-0.2, -0.15) is 0 Å². The highest BCUT2D eigenvalue weighted by molar-refractivity contribution is 5.19. The fourth-order valence-electron chi connectivity index (χ4n) is 2.83. The summed E-state index contributed by atoms with van der Waals surface area (Å²) in [4.78, 5) is 0. The first-order valence-corrected chi connectivity index (χ1v) is 8.19. The van der Waals surface area contributed by atoms with E-state index < -0.39 is 0 Å². The highest BCUT2D eigenvalue weighted by Crippen LogP contribution is 2.47. The van der Waals surface area contributed by atoms with Crippen molar-refractivity contribution in [2.45, 2.75) is 79.1 Å². The van der Waals surface area contributed by atoms with Gasteiger partial charge in [0.05, 0.1) is 0 Å². The minimum Gasteiger partial charge on any atom is -0.103 e. The van der Waals surface area contributed by atoms with E-state index in [2.05, 4.69) is 38.7 Å². The molecule has 0 saturated heterocycles. The van der Waals surface area contributed by atoms with Crippen LogP contribution in [-0.4, -0.2) is 0 Å². The molecule has 0 amide bonds. The predicted octanol–water partition coefficient (Wildman–Crippen LogP) is 6.84. The van der Waals surface area contributed by atoms with Crippen LogP contribution in [0.15, 0.2) is 36.5 Å². The molecule has 0 aromatic carbocycles. The maximum atomic E-state index is 3.78. The molecule has 0 aliphatic heterocycles. The summed E-state index contributed by atoms with van der Waals surface area (Å²) in [5, 5.41) is 0. The smallest absolute Gasteiger partial charge is 0.0166 e. The van der Waals surface area contributed by atoms with Gasteiger partial charge in [-0.3, -0.25) is 0 Å². The van der Waals surface area contributed by atoms with Crippen LogP contribution in [0.25, 0.3) is 0 Å². The lowest BCUT2D eigenvalue weighted by Gasteiger charge is -2.41. The van der Waals surface area contributed by atoms with Gasteiger partial charge in [-0.25, -0.2) is 0 Å². The van der Waals surface area contributed by atoms with Gasteiger partial charge >= 0.3 is 0 Å². The van der Waals surface area contributed by atoms with Crippen molar-refractivity contribution in [1.82, 2.24) is 0 Å². The fraction of sp³-hybridized carbons (Fsp3) is 0.684. The first-order valence-electron chi connectivity index (χ1n) is 8.19. The highest BCUT2D eigenvalue weighted by Gasteiger charge is 2.33. The molecule has 0 unspecified atom stereocenters. The van der Waals surface area contributed by atoms with E-state index in [-0.39, 0.29) is 0 Å². The third-order valence-electron chi connectivity index (χ3n) is 4.26. The summed E-state index contributed by atoms with van der Waals surface area (Å²) in [7, 11) is 0. The first-order chi connectivity index (χ1) is 9.26. The summed E-state index contributed by atoms with van der Waals surface area (Å²) in [6, 6.07) is 0. The second kappa shape index (κ2) is 11.1. The number of rotatable bonds is 8. The lowest BCUT2D eigenvalue weighted by molar-refractivity contribution is 0.110. The van der Waals surface area contributed by atoms with E-state index in [4.69, 9.17) is 0 Å². The van der Waals surface area contributed by atoms with Crippen molar-refractivity contribution in [3.63, 3.8) is 0 Å². The van der Waals surface area contributed by atoms with Gasteiger partial charge in [0.25, 0.3) is 0 Å². The highest BCUT2D eigenvalue weighted by atomic mass is 14.4. The molecule has 19 heavy (non-hydrogen) atoms. The molecule has 1 aliphatic carbocycles. The molecular weight excluding hydrogens is 228 g/mol. The Kier molecular flexibility index (Phi) is 10.6. The maximum Gasteiger partial charge on any atom is -0.0166 e. The Bertz CT molecular complexity index is 271. The molecule has 1 saturated carbocycles. The van der Waals surface area contributed by atoms with E-state index >= 15 is 0 Å². The van der Waals surface area contributed by atoms with E-state index in [0.29, 0.717) is 0 Å². The second-order valence-corrected chi connectivity index (χ2v) is 5.36. The van der Waals surface area contributed by atoms with Crippen molar-refractivity contribution in [3.05, 3.63) is 36.5 Å². The molecule has 0 nitrogen and oxygen atoms in total. The first kappa shape index (κ1) is 18.2. The van der Waals surface area contributed by atoms with Crippen LogP contribution in [0.1, 0.15) is 79.1 Å². The van der Waals surface area contributed by atoms with Crippen LogP contribution in [-0.2, 0) is 0 Å². The molecule has 0 heteroatoms. The normalized spacial score (nSPS) is 17.6. The minimum absolute atomic E-state index is 0.722. The van der Waals surface area contributed by atoms with E-state index in [9.17, 15) is 0 Å². The number of hydrogen-bond acceptors (Lipinski definition) is 0. The van der Waals surface area contributed by atoms with Gasteiger partial charge in [-0.1, -0.05) is 63.5 Å². The molecule has 1 aliphatic rings. The molecule has 110 valence electrons. The zero-order chi connectivity index (χ0) is 14.6. The molecular formula is C19H34. The van der Waals surface area contributed by atoms with Crippen LogP contribution < -0.4 is 0 Å². The van der Waals surface area contributed by atoms with Gasteiger partial charge in [-0.15, -0.1) is 6.58 Å². The van der Waals surface area contributed by atoms with Crippen molar-refractivity contribution in [1.29, 1.82) is 0 Å². The largest absolute Gasteiger partial charge is 0.103 e. The van der Waals surface area contributed by atoms with Gasteiger partial charge in [0.2, 0.25) is 0 Å². The molecule has 0 N–H and O–H groups in total. The second-order valence-electron chi connectivity index (χ2n) is 5.36. The standard InChI is InChI=1S/C17H28.C2H6/c1-4-7-11-16(10-5-2)12-8-13-17(6-3)14-9-15-17;1-2/h4-5,10-11H,1,6-9,12-15H2,2-3H3;1-2H3/b10-5-,16-11+;. The summed E-state index contributed by atoms with van der Waals surface area (Å²) in [6.07, 6.45) is 19.5. The van der Waals surface area contributed by atoms with Crippen LogP contribution in [0.3, 0.4) is 0 Å². The molecule has 1 rings (SSSR count). The topological polar surface area (TPSA) is 0 Å². The minimum atomic E-state index is 0.722. The predicted molar refractivity (Wildman–Crippen MR) is 89.5 cm³/mol. The van der Waals surface area contributed by atoms with Crippen LogP contribution in [0.2, 0.25) is 0 Å². The third-order valence-corrected chi connectivity index (χ3v) is 4.26. The van der Waals surface area contributed by atoms with Crippen LogP contribution >= 0.6 is 0 Å². The van der Waals surface area contributed by atoms with Crippen molar-refractivity contribution in [2.75, 3.05) is 0 Å². The third kappa shape index (κ3) is 6.80. The van der Waals surface area contributed by atoms with Gasteiger partial charge in [0, 0.05) is 0 Å². The van der Waals surface area contributed by atoms with Crippen LogP contribution in [0.4, 0.5) is 0 Å².